The van der Waals surface area contributed by atoms with Gasteiger partial charge in [0.2, 0.25) is 0 Å². The zero-order valence-electron chi connectivity index (χ0n) is 14.0. The summed E-state index contributed by atoms with van der Waals surface area (Å²) in [6, 6.07) is 7.91. The van der Waals surface area contributed by atoms with Gasteiger partial charge in [0.1, 0.15) is 5.60 Å². The lowest BCUT2D eigenvalue weighted by atomic mass is 10.1. The number of benzene rings is 1. The van der Waals surface area contributed by atoms with Crippen LogP contribution in [0.2, 0.25) is 5.02 Å². The number of halogens is 1. The van der Waals surface area contributed by atoms with E-state index in [9.17, 15) is 4.79 Å². The predicted octanol–water partition coefficient (Wildman–Crippen LogP) is 2.94. The van der Waals surface area contributed by atoms with Crippen molar-refractivity contribution in [3.63, 3.8) is 0 Å². The highest BCUT2D eigenvalue weighted by molar-refractivity contribution is 6.31. The fourth-order valence-electron chi connectivity index (χ4n) is 2.88. The molecule has 2 rings (SSSR count). The number of amides is 1. The maximum Gasteiger partial charge on any atom is 0.407 e. The third kappa shape index (κ3) is 5.09. The molecule has 1 fully saturated rings. The smallest absolute Gasteiger partial charge is 0.407 e. The molecule has 1 aliphatic heterocycles. The molecule has 5 nitrogen and oxygen atoms in total. The largest absolute Gasteiger partial charge is 0.444 e. The molecule has 0 radical (unpaired) electrons. The van der Waals surface area contributed by atoms with Crippen LogP contribution >= 0.6 is 11.6 Å². The van der Waals surface area contributed by atoms with Gasteiger partial charge in [-0.1, -0.05) is 29.8 Å². The zero-order chi connectivity index (χ0) is 17.0. The number of nitrogens with one attached hydrogen (secondary N) is 1. The lowest BCUT2D eigenvalue weighted by molar-refractivity contribution is 0.0504. The fourth-order valence-corrected chi connectivity index (χ4v) is 3.14. The first-order valence-corrected chi connectivity index (χ1v) is 8.36. The molecule has 0 aliphatic carbocycles. The maximum atomic E-state index is 11.9. The second kappa shape index (κ2) is 7.51. The molecular formula is C17H26ClN3O2. The van der Waals surface area contributed by atoms with Gasteiger partial charge in [0.25, 0.3) is 0 Å². The number of alkyl carbamates (subject to hydrolysis) is 1. The van der Waals surface area contributed by atoms with Crippen LogP contribution in [0.25, 0.3) is 0 Å². The Labute approximate surface area is 143 Å². The van der Waals surface area contributed by atoms with Crippen LogP contribution < -0.4 is 11.1 Å². The van der Waals surface area contributed by atoms with Crippen LogP contribution in [0.1, 0.15) is 38.8 Å². The number of nitrogens with zero attached hydrogens (tertiary/aromatic N) is 1. The Bertz CT molecular complexity index is 545. The number of carbonyl (C=O) groups is 1. The molecule has 0 saturated carbocycles. The monoisotopic (exact) mass is 339 g/mol. The van der Waals surface area contributed by atoms with E-state index in [2.05, 4.69) is 10.2 Å². The van der Waals surface area contributed by atoms with Crippen LogP contribution in [-0.2, 0) is 4.74 Å². The van der Waals surface area contributed by atoms with Crippen molar-refractivity contribution in [3.05, 3.63) is 34.9 Å². The molecule has 1 heterocycles. The molecule has 0 aromatic heterocycles. The Hall–Kier alpha value is -1.30. The average molecular weight is 340 g/mol. The Morgan fingerprint density at radius 2 is 2.17 bits per heavy atom. The van der Waals surface area contributed by atoms with Crippen molar-refractivity contribution in [2.75, 3.05) is 19.6 Å². The second-order valence-electron chi connectivity index (χ2n) is 6.90. The van der Waals surface area contributed by atoms with E-state index in [-0.39, 0.29) is 18.2 Å². The standard InChI is InChI=1S/C17H26ClN3O2/c1-17(2,3)23-16(22)20-12-8-9-21(11-12)15(10-19)13-6-4-5-7-14(13)18/h4-7,12,15H,8-11,19H2,1-3H3,(H,20,22)/t12-,15-/m0/s1. The van der Waals surface area contributed by atoms with E-state index in [1.54, 1.807) is 0 Å². The van der Waals surface area contributed by atoms with Gasteiger partial charge in [-0.25, -0.2) is 4.79 Å². The lowest BCUT2D eigenvalue weighted by Crippen LogP contribution is -2.41. The number of likely N-dealkylation sites (tertiary alicyclic amines) is 1. The Kier molecular flexibility index (Phi) is 5.89. The van der Waals surface area contributed by atoms with E-state index >= 15 is 0 Å². The number of rotatable bonds is 4. The van der Waals surface area contributed by atoms with Gasteiger partial charge < -0.3 is 15.8 Å². The molecule has 0 unspecified atom stereocenters. The molecule has 128 valence electrons. The predicted molar refractivity (Wildman–Crippen MR) is 92.6 cm³/mol. The van der Waals surface area contributed by atoms with Crippen LogP contribution in [0.5, 0.6) is 0 Å². The van der Waals surface area contributed by atoms with Crippen molar-refractivity contribution in [1.29, 1.82) is 0 Å². The Morgan fingerprint density at radius 1 is 1.48 bits per heavy atom. The van der Waals surface area contributed by atoms with Crippen molar-refractivity contribution in [1.82, 2.24) is 10.2 Å². The third-order valence-electron chi connectivity index (χ3n) is 3.87. The van der Waals surface area contributed by atoms with E-state index in [0.717, 1.165) is 30.1 Å². The summed E-state index contributed by atoms with van der Waals surface area (Å²) in [5.74, 6) is 0. The van der Waals surface area contributed by atoms with Crippen LogP contribution in [-0.4, -0.2) is 42.3 Å². The molecule has 1 amide bonds. The summed E-state index contributed by atoms with van der Waals surface area (Å²) in [6.45, 7) is 7.67. The first-order chi connectivity index (χ1) is 10.8. The van der Waals surface area contributed by atoms with E-state index in [1.165, 1.54) is 0 Å². The quantitative estimate of drug-likeness (QED) is 0.885. The van der Waals surface area contributed by atoms with E-state index in [4.69, 9.17) is 22.1 Å². The van der Waals surface area contributed by atoms with E-state index < -0.39 is 5.60 Å². The number of hydrogen-bond acceptors (Lipinski definition) is 4. The molecule has 1 aromatic rings. The average Bonchev–Trinajstić information content (AvgIpc) is 2.87. The SMILES string of the molecule is CC(C)(C)OC(=O)N[C@H]1CCN([C@@H](CN)c2ccccc2Cl)C1. The van der Waals surface area contributed by atoms with Gasteiger partial charge >= 0.3 is 6.09 Å². The minimum absolute atomic E-state index is 0.0640. The highest BCUT2D eigenvalue weighted by Gasteiger charge is 2.31. The lowest BCUT2D eigenvalue weighted by Gasteiger charge is -2.28. The van der Waals surface area contributed by atoms with Gasteiger partial charge in [0.05, 0.1) is 0 Å². The highest BCUT2D eigenvalue weighted by Crippen LogP contribution is 2.29. The summed E-state index contributed by atoms with van der Waals surface area (Å²) in [5.41, 5.74) is 6.52. The number of nitrogens with two attached hydrogens (primary N) is 1. The number of ether oxygens (including phenoxy) is 1. The van der Waals surface area contributed by atoms with Gasteiger partial charge in [-0.2, -0.15) is 0 Å². The van der Waals surface area contributed by atoms with Crippen LogP contribution in [0, 0.1) is 0 Å². The van der Waals surface area contributed by atoms with Crippen LogP contribution in [0.3, 0.4) is 0 Å². The van der Waals surface area contributed by atoms with Gasteiger partial charge in [0.15, 0.2) is 0 Å². The molecular weight excluding hydrogens is 314 g/mol. The summed E-state index contributed by atoms with van der Waals surface area (Å²) in [5, 5.41) is 3.66. The van der Waals surface area contributed by atoms with Crippen molar-refractivity contribution in [2.45, 2.75) is 44.9 Å². The van der Waals surface area contributed by atoms with Crippen molar-refractivity contribution in [2.24, 2.45) is 5.73 Å². The second-order valence-corrected chi connectivity index (χ2v) is 7.31. The molecule has 3 N–H and O–H groups in total. The molecule has 0 spiro atoms. The molecule has 23 heavy (non-hydrogen) atoms. The zero-order valence-corrected chi connectivity index (χ0v) is 14.8. The molecule has 0 bridgehead atoms. The van der Waals surface area contributed by atoms with Crippen LogP contribution in [0.4, 0.5) is 4.79 Å². The first-order valence-electron chi connectivity index (χ1n) is 7.98. The summed E-state index contributed by atoms with van der Waals surface area (Å²) >= 11 is 6.30. The first kappa shape index (κ1) is 18.0. The maximum absolute atomic E-state index is 11.9. The van der Waals surface area contributed by atoms with Gasteiger partial charge in [-0.15, -0.1) is 0 Å². The van der Waals surface area contributed by atoms with Gasteiger partial charge in [-0.3, -0.25) is 4.90 Å². The molecule has 1 aliphatic rings. The Morgan fingerprint density at radius 3 is 2.78 bits per heavy atom. The molecule has 6 heteroatoms. The molecule has 1 saturated heterocycles. The van der Waals surface area contributed by atoms with Crippen molar-refractivity contribution >= 4 is 17.7 Å². The summed E-state index contributed by atoms with van der Waals surface area (Å²) in [7, 11) is 0. The molecule has 2 atom stereocenters. The minimum atomic E-state index is -0.486. The highest BCUT2D eigenvalue weighted by atomic mass is 35.5. The topological polar surface area (TPSA) is 67.6 Å². The van der Waals surface area contributed by atoms with E-state index in [1.807, 2.05) is 45.0 Å². The number of carbonyl (C=O) groups excluding carboxylic acids is 1. The number of hydrogen-bond donors (Lipinski definition) is 2. The fraction of sp³-hybridized carbons (Fsp3) is 0.588. The summed E-state index contributed by atoms with van der Waals surface area (Å²) < 4.78 is 5.31. The summed E-state index contributed by atoms with van der Waals surface area (Å²) in [4.78, 5) is 14.2. The Balaban J connectivity index is 1.96. The molecule has 1 aromatic carbocycles. The van der Waals surface area contributed by atoms with Gasteiger partial charge in [0, 0.05) is 36.7 Å². The van der Waals surface area contributed by atoms with Crippen LogP contribution in [0.15, 0.2) is 24.3 Å². The normalized spacial score (nSPS) is 20.3. The third-order valence-corrected chi connectivity index (χ3v) is 4.21. The van der Waals surface area contributed by atoms with Gasteiger partial charge in [-0.05, 0) is 38.8 Å². The van der Waals surface area contributed by atoms with Crippen molar-refractivity contribution in [3.8, 4) is 0 Å². The minimum Gasteiger partial charge on any atom is -0.444 e. The van der Waals surface area contributed by atoms with E-state index in [0.29, 0.717) is 6.54 Å². The van der Waals surface area contributed by atoms with Crippen molar-refractivity contribution < 1.29 is 9.53 Å². The summed E-state index contributed by atoms with van der Waals surface area (Å²) in [6.07, 6.45) is 0.506.